The molecule has 0 aliphatic carbocycles. The van der Waals surface area contributed by atoms with Gasteiger partial charge in [-0.1, -0.05) is 39.8 Å². The van der Waals surface area contributed by atoms with Gasteiger partial charge >= 0.3 is 5.97 Å². The summed E-state index contributed by atoms with van der Waals surface area (Å²) in [5.74, 6) is -7.18. The number of carbonyl (C=O) groups excluding carboxylic acids is 7. The number of primary amides is 1. The van der Waals surface area contributed by atoms with Crippen molar-refractivity contribution < 1.29 is 53.7 Å². The number of nitrogens with zero attached hydrogens (tertiary/aromatic N) is 1. The molecule has 306 valence electrons. The number of aliphatic hydroxyl groups excluding tert-OH is 1. The van der Waals surface area contributed by atoms with Crippen molar-refractivity contribution in [2.75, 3.05) is 13.2 Å². The fraction of sp³-hybridized carbons (Fsp3) is 0.611. The summed E-state index contributed by atoms with van der Waals surface area (Å²) in [6, 6.07) is -2.91. The Balaban J connectivity index is 2.17. The van der Waals surface area contributed by atoms with Gasteiger partial charge in [0.05, 0.1) is 12.6 Å². The molecule has 55 heavy (non-hydrogen) atoms. The van der Waals surface area contributed by atoms with Gasteiger partial charge in [-0.25, -0.2) is 4.79 Å². The number of hydrogen-bond acceptors (Lipinski definition) is 11. The Bertz CT molecular complexity index is 1540. The molecule has 0 spiro atoms. The number of amides is 7. The minimum atomic E-state index is -1.58. The predicted octanol–water partition coefficient (Wildman–Crippen LogP) is -2.26. The van der Waals surface area contributed by atoms with Crippen molar-refractivity contribution in [3.63, 3.8) is 0 Å². The molecule has 0 radical (unpaired) electrons. The number of benzene rings is 1. The van der Waals surface area contributed by atoms with E-state index in [0.29, 0.717) is 18.4 Å². The number of likely N-dealkylation sites (tertiary alicyclic amines) is 1. The van der Waals surface area contributed by atoms with Crippen LogP contribution in [0.15, 0.2) is 24.3 Å². The van der Waals surface area contributed by atoms with E-state index in [-0.39, 0.29) is 43.9 Å². The number of aliphatic hydroxyl groups is 1. The highest BCUT2D eigenvalue weighted by Gasteiger charge is 2.40. The Morgan fingerprint density at radius 1 is 0.818 bits per heavy atom. The summed E-state index contributed by atoms with van der Waals surface area (Å²) >= 11 is 0. The maximum Gasteiger partial charge on any atom is 0.326 e. The van der Waals surface area contributed by atoms with Crippen molar-refractivity contribution in [2.24, 2.45) is 23.3 Å². The molecule has 1 aliphatic rings. The van der Waals surface area contributed by atoms with E-state index in [2.05, 4.69) is 26.6 Å². The quantitative estimate of drug-likeness (QED) is 0.0633. The van der Waals surface area contributed by atoms with Gasteiger partial charge in [-0.15, -0.1) is 0 Å². The average Bonchev–Trinajstić information content (AvgIpc) is 3.61. The first-order chi connectivity index (χ1) is 25.7. The Morgan fingerprint density at radius 3 is 1.96 bits per heavy atom. The van der Waals surface area contributed by atoms with E-state index in [1.807, 2.05) is 13.8 Å². The number of aliphatic carboxylic acids is 1. The normalized spacial score (nSPS) is 17.3. The lowest BCUT2D eigenvalue weighted by molar-refractivity contribution is -0.144. The van der Waals surface area contributed by atoms with Crippen LogP contribution in [0.1, 0.15) is 72.3 Å². The van der Waals surface area contributed by atoms with Crippen LogP contribution in [0.25, 0.3) is 0 Å². The van der Waals surface area contributed by atoms with E-state index in [1.54, 1.807) is 13.8 Å². The van der Waals surface area contributed by atoms with Crippen molar-refractivity contribution in [3.8, 4) is 5.75 Å². The van der Waals surface area contributed by atoms with Crippen LogP contribution < -0.4 is 38.1 Å². The van der Waals surface area contributed by atoms with Crippen molar-refractivity contribution in [2.45, 2.75) is 115 Å². The number of carboxylic acids is 1. The third-order valence-corrected chi connectivity index (χ3v) is 9.00. The van der Waals surface area contributed by atoms with E-state index >= 15 is 0 Å². The number of phenols is 1. The Hall–Kier alpha value is -5.30. The summed E-state index contributed by atoms with van der Waals surface area (Å²) in [5.41, 5.74) is 11.7. The number of nitrogens with one attached hydrogen (secondary N) is 5. The zero-order chi connectivity index (χ0) is 41.6. The molecular weight excluding hydrogens is 720 g/mol. The Labute approximate surface area is 319 Å². The van der Waals surface area contributed by atoms with Crippen LogP contribution >= 0.6 is 0 Å². The lowest BCUT2D eigenvalue weighted by Crippen LogP contribution is -2.60. The van der Waals surface area contributed by atoms with Crippen LogP contribution in [0.3, 0.4) is 0 Å². The number of hydrogen-bond donors (Lipinski definition) is 10. The van der Waals surface area contributed by atoms with Gasteiger partial charge in [0.25, 0.3) is 0 Å². The summed E-state index contributed by atoms with van der Waals surface area (Å²) in [6.45, 7) is 7.56. The molecule has 1 aromatic carbocycles. The van der Waals surface area contributed by atoms with Crippen LogP contribution in [-0.2, 0) is 44.8 Å². The van der Waals surface area contributed by atoms with Gasteiger partial charge in [0.1, 0.15) is 42.0 Å². The number of nitrogens with two attached hydrogens (primary N) is 2. The first-order valence-electron chi connectivity index (χ1n) is 18.2. The van der Waals surface area contributed by atoms with Crippen LogP contribution in [0, 0.1) is 11.8 Å². The monoisotopic (exact) mass is 776 g/mol. The number of phenolic OH excluding ortho intramolecular Hbond substituents is 1. The van der Waals surface area contributed by atoms with Crippen LogP contribution in [0.2, 0.25) is 0 Å². The number of rotatable bonds is 21. The third-order valence-electron chi connectivity index (χ3n) is 9.00. The molecule has 19 heteroatoms. The maximum absolute atomic E-state index is 13.9. The number of aromatic hydroxyl groups is 1. The van der Waals surface area contributed by atoms with Crippen molar-refractivity contribution in [3.05, 3.63) is 29.8 Å². The van der Waals surface area contributed by atoms with Gasteiger partial charge in [0, 0.05) is 19.4 Å². The predicted molar refractivity (Wildman–Crippen MR) is 197 cm³/mol. The van der Waals surface area contributed by atoms with E-state index in [0.717, 1.165) is 0 Å². The summed E-state index contributed by atoms with van der Waals surface area (Å²) in [7, 11) is 0. The molecule has 0 saturated carbocycles. The highest BCUT2D eigenvalue weighted by Crippen LogP contribution is 2.21. The van der Waals surface area contributed by atoms with E-state index < -0.39 is 102 Å². The van der Waals surface area contributed by atoms with Gasteiger partial charge in [0.2, 0.25) is 41.4 Å². The molecule has 1 heterocycles. The second kappa shape index (κ2) is 21.6. The van der Waals surface area contributed by atoms with Gasteiger partial charge < -0.3 is 58.3 Å². The van der Waals surface area contributed by atoms with Gasteiger partial charge in [-0.05, 0) is 62.1 Å². The molecule has 1 fully saturated rings. The first kappa shape index (κ1) is 45.9. The van der Waals surface area contributed by atoms with Gasteiger partial charge in [0.15, 0.2) is 0 Å². The van der Waals surface area contributed by atoms with E-state index in [9.17, 15) is 53.7 Å². The molecular formula is C36H56N8O11. The molecule has 0 unspecified atom stereocenters. The van der Waals surface area contributed by atoms with Gasteiger partial charge in [-0.3, -0.25) is 33.6 Å². The smallest absolute Gasteiger partial charge is 0.326 e. The molecule has 2 rings (SSSR count). The number of carbonyl (C=O) groups is 8. The topological polar surface area (TPSA) is 313 Å². The second-order valence-electron chi connectivity index (χ2n) is 14.5. The van der Waals surface area contributed by atoms with Crippen LogP contribution in [0.4, 0.5) is 0 Å². The van der Waals surface area contributed by atoms with Crippen molar-refractivity contribution >= 4 is 47.3 Å². The third kappa shape index (κ3) is 14.5. The molecule has 7 amide bonds. The summed E-state index contributed by atoms with van der Waals surface area (Å²) in [6.07, 6.45) is 0.178. The number of carboxylic acid groups (broad SMARTS) is 1. The minimum absolute atomic E-state index is 0.0157. The second-order valence-corrected chi connectivity index (χ2v) is 14.5. The Morgan fingerprint density at radius 2 is 1.42 bits per heavy atom. The van der Waals surface area contributed by atoms with Crippen LogP contribution in [0.5, 0.6) is 5.75 Å². The highest BCUT2D eigenvalue weighted by molar-refractivity contribution is 5.97. The fourth-order valence-corrected chi connectivity index (χ4v) is 5.92. The lowest BCUT2D eigenvalue weighted by atomic mass is 10.0. The SMILES string of the molecule is CC(C)C[C@H](N)C(=O)N[C@@H](C)C(=O)N[C@@H](CO)C(=O)N[C@@H](CCC(N)=O)C(=O)N1CCC[C@H]1C(=O)N[C@H](C(=O)N[C@@H](Cc1ccc(O)cc1)C(=O)O)C(C)C. The Kier molecular flexibility index (Phi) is 18.0. The summed E-state index contributed by atoms with van der Waals surface area (Å²) < 4.78 is 0. The summed E-state index contributed by atoms with van der Waals surface area (Å²) in [4.78, 5) is 104. The molecule has 19 nitrogen and oxygen atoms in total. The zero-order valence-corrected chi connectivity index (χ0v) is 31.9. The molecule has 0 bridgehead atoms. The molecule has 0 aromatic heterocycles. The highest BCUT2D eigenvalue weighted by atomic mass is 16.4. The van der Waals surface area contributed by atoms with Crippen molar-refractivity contribution in [1.82, 2.24) is 31.5 Å². The summed E-state index contributed by atoms with van der Waals surface area (Å²) in [5, 5.41) is 41.5. The standard InChI is InChI=1S/C36H56N8O11/c1-18(2)15-23(37)31(49)39-20(5)30(48)42-26(17-45)32(50)40-24(12-13-28(38)47)35(53)44-14-6-7-27(44)33(51)43-29(19(3)4)34(52)41-25(36(54)55)16-21-8-10-22(46)11-9-21/h8-11,18-20,23-27,29,45-46H,6-7,12-17,37H2,1-5H3,(H2,38,47)(H,39,49)(H,40,50)(H,41,52)(H,42,48)(H,43,51)(H,54,55)/t20-,23-,24-,25-,26-,27-,29-/m0/s1. The minimum Gasteiger partial charge on any atom is -0.508 e. The largest absolute Gasteiger partial charge is 0.508 e. The van der Waals surface area contributed by atoms with E-state index in [4.69, 9.17) is 11.5 Å². The van der Waals surface area contributed by atoms with Gasteiger partial charge in [-0.2, -0.15) is 0 Å². The van der Waals surface area contributed by atoms with Crippen molar-refractivity contribution in [1.29, 1.82) is 0 Å². The molecule has 1 saturated heterocycles. The van der Waals surface area contributed by atoms with Crippen LogP contribution in [-0.4, -0.2) is 123 Å². The van der Waals surface area contributed by atoms with E-state index in [1.165, 1.54) is 36.1 Å². The maximum atomic E-state index is 13.9. The molecule has 1 aliphatic heterocycles. The molecule has 1 aromatic rings. The zero-order valence-electron chi connectivity index (χ0n) is 31.9. The molecule has 7 atom stereocenters. The molecule has 12 N–H and O–H groups in total. The fourth-order valence-electron chi connectivity index (χ4n) is 5.92. The lowest BCUT2D eigenvalue weighted by Gasteiger charge is -2.31. The average molecular weight is 777 g/mol. The first-order valence-corrected chi connectivity index (χ1v) is 18.2.